The molecule has 3 nitrogen and oxygen atoms in total. The smallest absolute Gasteiger partial charge is 0.184 e. The zero-order valence-corrected chi connectivity index (χ0v) is 20.0. The van der Waals surface area contributed by atoms with E-state index in [9.17, 15) is 4.39 Å². The Hall–Kier alpha value is -2.55. The Morgan fingerprint density at radius 3 is 2.62 bits per heavy atom. The first-order valence-electron chi connectivity index (χ1n) is 10.7. The molecule has 0 amide bonds. The normalized spacial score (nSPS) is 15.1. The Morgan fingerprint density at radius 2 is 2.00 bits per heavy atom. The number of aromatic nitrogens is 1. The van der Waals surface area contributed by atoms with E-state index in [-0.39, 0.29) is 17.8 Å². The van der Waals surface area contributed by atoms with Crippen molar-refractivity contribution in [1.82, 2.24) is 4.98 Å². The zero-order chi connectivity index (χ0) is 22.8. The van der Waals surface area contributed by atoms with Crippen molar-refractivity contribution in [2.45, 2.75) is 45.1 Å². The fourth-order valence-electron chi connectivity index (χ4n) is 4.05. The monoisotopic (exact) mass is 468 g/mol. The van der Waals surface area contributed by atoms with Crippen LogP contribution in [-0.2, 0) is 0 Å². The molecule has 4 rings (SSSR count). The quantitative estimate of drug-likeness (QED) is 0.354. The number of hydrogen-bond donors (Lipinski definition) is 1. The summed E-state index contributed by atoms with van der Waals surface area (Å²) in [5, 5.41) is 4.83. The predicted molar refractivity (Wildman–Crippen MR) is 131 cm³/mol. The van der Waals surface area contributed by atoms with Gasteiger partial charge in [-0.15, -0.1) is 17.8 Å². The van der Waals surface area contributed by atoms with Crippen LogP contribution >= 0.6 is 22.9 Å². The van der Waals surface area contributed by atoms with Gasteiger partial charge in [0, 0.05) is 16.4 Å². The third-order valence-electron chi connectivity index (χ3n) is 5.98. The lowest BCUT2D eigenvalue weighted by Crippen LogP contribution is -2.26. The molecule has 2 atom stereocenters. The SMILES string of the molecule is C#CC(Nc1nc(-c2cc(C)c(OC)cc2Cl)c(C)s1)[C@@H](CC1CC1)c1ccc(F)cc1. The molecule has 166 valence electrons. The minimum atomic E-state index is -0.243. The molecule has 0 aliphatic heterocycles. The average Bonchev–Trinajstić information content (AvgIpc) is 3.53. The Balaban J connectivity index is 1.62. The number of aryl methyl sites for hydroxylation is 2. The Bertz CT molecular complexity index is 1150. The Morgan fingerprint density at radius 1 is 1.28 bits per heavy atom. The summed E-state index contributed by atoms with van der Waals surface area (Å²) in [6.07, 6.45) is 9.41. The summed E-state index contributed by atoms with van der Waals surface area (Å²) in [5.41, 5.74) is 3.76. The van der Waals surface area contributed by atoms with Crippen LogP contribution in [0.4, 0.5) is 9.52 Å². The molecule has 1 aliphatic carbocycles. The lowest BCUT2D eigenvalue weighted by Gasteiger charge is -2.24. The fraction of sp³-hybridized carbons (Fsp3) is 0.346. The summed E-state index contributed by atoms with van der Waals surface area (Å²) >= 11 is 8.10. The van der Waals surface area contributed by atoms with Gasteiger partial charge in [-0.25, -0.2) is 9.37 Å². The van der Waals surface area contributed by atoms with Gasteiger partial charge in [-0.05, 0) is 61.6 Å². The minimum Gasteiger partial charge on any atom is -0.496 e. The van der Waals surface area contributed by atoms with Crippen LogP contribution in [-0.4, -0.2) is 18.1 Å². The van der Waals surface area contributed by atoms with Crippen LogP contribution in [0.5, 0.6) is 5.75 Å². The number of ether oxygens (including phenoxy) is 1. The largest absolute Gasteiger partial charge is 0.496 e. The van der Waals surface area contributed by atoms with Crippen LogP contribution in [0.1, 0.15) is 41.2 Å². The summed E-state index contributed by atoms with van der Waals surface area (Å²) in [6, 6.07) is 10.3. The summed E-state index contributed by atoms with van der Waals surface area (Å²) < 4.78 is 18.9. The van der Waals surface area contributed by atoms with E-state index in [4.69, 9.17) is 27.7 Å². The second-order valence-corrected chi connectivity index (χ2v) is 9.96. The number of thiazole rings is 1. The Labute approximate surface area is 198 Å². The van der Waals surface area contributed by atoms with Gasteiger partial charge >= 0.3 is 0 Å². The predicted octanol–water partition coefficient (Wildman–Crippen LogP) is 7.23. The maximum absolute atomic E-state index is 13.5. The van der Waals surface area contributed by atoms with E-state index in [1.54, 1.807) is 18.4 Å². The molecular weight excluding hydrogens is 443 g/mol. The van der Waals surface area contributed by atoms with Crippen molar-refractivity contribution in [2.75, 3.05) is 12.4 Å². The molecule has 0 bridgehead atoms. The van der Waals surface area contributed by atoms with E-state index >= 15 is 0 Å². The number of methoxy groups -OCH3 is 1. The van der Waals surface area contributed by atoms with E-state index in [2.05, 4.69) is 11.2 Å². The molecule has 1 heterocycles. The highest BCUT2D eigenvalue weighted by Gasteiger charge is 2.31. The molecule has 1 N–H and O–H groups in total. The molecule has 6 heteroatoms. The van der Waals surface area contributed by atoms with Gasteiger partial charge in [0.25, 0.3) is 0 Å². The summed E-state index contributed by atoms with van der Waals surface area (Å²) in [7, 11) is 1.63. The van der Waals surface area contributed by atoms with Crippen LogP contribution in [0, 0.1) is 37.9 Å². The molecule has 1 aliphatic rings. The first-order valence-corrected chi connectivity index (χ1v) is 11.9. The van der Waals surface area contributed by atoms with E-state index in [0.717, 1.165) is 44.6 Å². The fourth-order valence-corrected chi connectivity index (χ4v) is 5.16. The van der Waals surface area contributed by atoms with Crippen LogP contribution in [0.2, 0.25) is 5.02 Å². The van der Waals surface area contributed by atoms with Gasteiger partial charge in [-0.1, -0.05) is 42.5 Å². The van der Waals surface area contributed by atoms with Gasteiger partial charge in [-0.3, -0.25) is 0 Å². The molecule has 32 heavy (non-hydrogen) atoms. The van der Waals surface area contributed by atoms with Crippen LogP contribution in [0.25, 0.3) is 11.3 Å². The van der Waals surface area contributed by atoms with Gasteiger partial charge in [0.15, 0.2) is 5.13 Å². The lowest BCUT2D eigenvalue weighted by molar-refractivity contribution is 0.412. The van der Waals surface area contributed by atoms with Crippen molar-refractivity contribution in [2.24, 2.45) is 5.92 Å². The number of terminal acetylenes is 1. The third kappa shape index (κ3) is 4.92. The van der Waals surface area contributed by atoms with Crippen molar-refractivity contribution in [3.8, 4) is 29.4 Å². The number of halogens is 2. The van der Waals surface area contributed by atoms with E-state index < -0.39 is 0 Å². The molecule has 2 aromatic carbocycles. The summed E-state index contributed by atoms with van der Waals surface area (Å²) in [6.45, 7) is 4.01. The van der Waals surface area contributed by atoms with Crippen molar-refractivity contribution in [1.29, 1.82) is 0 Å². The number of benzene rings is 2. The lowest BCUT2D eigenvalue weighted by atomic mass is 9.87. The molecule has 1 unspecified atom stereocenters. The molecule has 0 radical (unpaired) electrons. The highest BCUT2D eigenvalue weighted by atomic mass is 35.5. The van der Waals surface area contributed by atoms with Crippen LogP contribution < -0.4 is 10.1 Å². The standard InChI is InChI=1S/C26H26ClFN2OS/c1-5-23(20(13-17-6-7-17)18-8-10-19(28)11-9-18)29-26-30-25(16(3)32-26)21-12-15(2)24(31-4)14-22(21)27/h1,8-12,14,17,20,23H,6-7,13H2,2-4H3,(H,29,30)/t20-,23?/m0/s1. The van der Waals surface area contributed by atoms with Crippen molar-refractivity contribution in [3.05, 3.63) is 63.2 Å². The number of hydrogen-bond acceptors (Lipinski definition) is 4. The minimum absolute atomic E-state index is 0.0903. The summed E-state index contributed by atoms with van der Waals surface area (Å²) in [5.74, 6) is 4.20. The second kappa shape index (κ2) is 9.52. The van der Waals surface area contributed by atoms with Gasteiger partial charge in [0.05, 0.1) is 23.9 Å². The first kappa shape index (κ1) is 22.6. The average molecular weight is 469 g/mol. The third-order valence-corrected chi connectivity index (χ3v) is 7.19. The van der Waals surface area contributed by atoms with Crippen LogP contribution in [0.15, 0.2) is 36.4 Å². The van der Waals surface area contributed by atoms with Gasteiger partial charge < -0.3 is 10.1 Å². The van der Waals surface area contributed by atoms with E-state index in [1.165, 1.54) is 25.0 Å². The molecule has 1 aromatic heterocycles. The first-order chi connectivity index (χ1) is 15.4. The highest BCUT2D eigenvalue weighted by molar-refractivity contribution is 7.16. The maximum atomic E-state index is 13.5. The van der Waals surface area contributed by atoms with Crippen molar-refractivity contribution in [3.63, 3.8) is 0 Å². The molecule has 1 saturated carbocycles. The summed E-state index contributed by atoms with van der Waals surface area (Å²) in [4.78, 5) is 5.89. The maximum Gasteiger partial charge on any atom is 0.184 e. The topological polar surface area (TPSA) is 34.2 Å². The molecule has 0 saturated heterocycles. The number of anilines is 1. The van der Waals surface area contributed by atoms with Gasteiger partial charge in [-0.2, -0.15) is 0 Å². The second-order valence-electron chi connectivity index (χ2n) is 8.35. The van der Waals surface area contributed by atoms with Crippen LogP contribution in [0.3, 0.4) is 0 Å². The van der Waals surface area contributed by atoms with Gasteiger partial charge in [0.2, 0.25) is 0 Å². The molecule has 3 aromatic rings. The number of nitrogens with one attached hydrogen (secondary N) is 1. The highest BCUT2D eigenvalue weighted by Crippen LogP contribution is 2.42. The molecular formula is C26H26ClFN2OS. The van der Waals surface area contributed by atoms with Gasteiger partial charge in [0.1, 0.15) is 11.6 Å². The molecule has 1 fully saturated rings. The number of nitrogens with zero attached hydrogens (tertiary/aromatic N) is 1. The van der Waals surface area contributed by atoms with Crippen molar-refractivity contribution >= 4 is 28.1 Å². The number of rotatable bonds is 8. The zero-order valence-electron chi connectivity index (χ0n) is 18.4. The van der Waals surface area contributed by atoms with Crippen molar-refractivity contribution < 1.29 is 9.13 Å². The van der Waals surface area contributed by atoms with E-state index in [0.29, 0.717) is 10.9 Å². The molecule has 0 spiro atoms. The Kier molecular flexibility index (Phi) is 6.74. The van der Waals surface area contributed by atoms with E-state index in [1.807, 2.05) is 38.1 Å².